The van der Waals surface area contributed by atoms with Crippen molar-refractivity contribution in [2.24, 2.45) is 0 Å². The smallest absolute Gasteiger partial charge is 0.462 e. The van der Waals surface area contributed by atoms with E-state index >= 15 is 0 Å². The molecule has 68 heavy (non-hydrogen) atoms. The summed E-state index contributed by atoms with van der Waals surface area (Å²) in [7, 11) is -10.7. The second-order valence-corrected chi connectivity index (χ2v) is 18.9. The highest BCUT2D eigenvalue weighted by Crippen LogP contribution is 2.49. The highest BCUT2D eigenvalue weighted by molar-refractivity contribution is 7.47. The van der Waals surface area contributed by atoms with Crippen LogP contribution in [0.3, 0.4) is 0 Å². The lowest BCUT2D eigenvalue weighted by Gasteiger charge is -2.43. The number of rotatable bonds is 38. The van der Waals surface area contributed by atoms with Crippen LogP contribution >= 0.6 is 15.6 Å². The van der Waals surface area contributed by atoms with Gasteiger partial charge in [0.25, 0.3) is 0 Å². The van der Waals surface area contributed by atoms with Crippen molar-refractivity contribution in [3.8, 4) is 0 Å². The Morgan fingerprint density at radius 2 is 1.10 bits per heavy atom. The monoisotopic (exact) mass is 1000 g/mol. The van der Waals surface area contributed by atoms with Crippen molar-refractivity contribution in [2.75, 3.05) is 13.2 Å². The molecule has 0 aromatic carbocycles. The number of allylic oxidation sites excluding steroid dienone is 14. The van der Waals surface area contributed by atoms with Crippen LogP contribution in [0.25, 0.3) is 0 Å². The molecule has 0 amide bonds. The normalized spacial score (nSPS) is 22.6. The van der Waals surface area contributed by atoms with Crippen molar-refractivity contribution in [3.05, 3.63) is 97.2 Å². The fourth-order valence-corrected chi connectivity index (χ4v) is 8.05. The van der Waals surface area contributed by atoms with Gasteiger partial charge in [0.1, 0.15) is 43.2 Å². The zero-order valence-electron chi connectivity index (χ0n) is 39.9. The third-order valence-corrected chi connectivity index (χ3v) is 11.7. The number of esters is 2. The van der Waals surface area contributed by atoms with Crippen molar-refractivity contribution in [2.45, 2.75) is 185 Å². The van der Waals surface area contributed by atoms with E-state index < -0.39 is 89.6 Å². The number of carbonyl (C=O) groups is 2. The maximum atomic E-state index is 13.0. The van der Waals surface area contributed by atoms with E-state index in [1.165, 1.54) is 19.3 Å². The fourth-order valence-electron chi connectivity index (χ4n) is 6.51. The fraction of sp³-hybridized carbons (Fsp3) is 0.633. The van der Waals surface area contributed by atoms with E-state index in [0.29, 0.717) is 32.1 Å². The van der Waals surface area contributed by atoms with Gasteiger partial charge in [0.15, 0.2) is 6.10 Å². The molecular weight excluding hydrogens is 922 g/mol. The number of hydrogen-bond donors (Lipinski definition) is 8. The molecule has 17 nitrogen and oxygen atoms in total. The van der Waals surface area contributed by atoms with Gasteiger partial charge < -0.3 is 49.7 Å². The van der Waals surface area contributed by atoms with E-state index in [9.17, 15) is 58.9 Å². The van der Waals surface area contributed by atoms with Crippen LogP contribution < -0.4 is 0 Å². The molecule has 0 aliphatic heterocycles. The Hall–Kier alpha value is -3.12. The summed E-state index contributed by atoms with van der Waals surface area (Å²) in [5.41, 5.74) is 0. The van der Waals surface area contributed by atoms with Crippen LogP contribution in [0.2, 0.25) is 0 Å². The predicted molar refractivity (Wildman–Crippen MR) is 261 cm³/mol. The number of phosphoric acid groups is 2. The summed E-state index contributed by atoms with van der Waals surface area (Å²) in [6.45, 7) is 2.77. The zero-order chi connectivity index (χ0) is 50.5. The predicted octanol–water partition coefficient (Wildman–Crippen LogP) is 8.14. The molecule has 0 saturated heterocycles. The average Bonchev–Trinajstić information content (AvgIpc) is 3.29. The van der Waals surface area contributed by atoms with Gasteiger partial charge in [-0.1, -0.05) is 143 Å². The summed E-state index contributed by atoms with van der Waals surface area (Å²) in [6.07, 6.45) is 31.3. The molecule has 1 aliphatic carbocycles. The molecule has 8 N–H and O–H groups in total. The van der Waals surface area contributed by atoms with Crippen molar-refractivity contribution in [1.82, 2.24) is 0 Å². The van der Waals surface area contributed by atoms with Crippen molar-refractivity contribution in [1.29, 1.82) is 0 Å². The quantitative estimate of drug-likeness (QED) is 0.00953. The van der Waals surface area contributed by atoms with Gasteiger partial charge in [-0.05, 0) is 77.0 Å². The minimum Gasteiger partial charge on any atom is -0.462 e. The van der Waals surface area contributed by atoms with E-state index in [2.05, 4.69) is 47.9 Å². The second kappa shape index (κ2) is 38.6. The van der Waals surface area contributed by atoms with Crippen molar-refractivity contribution < 1.29 is 82.0 Å². The van der Waals surface area contributed by atoms with Crippen LogP contribution in [-0.4, -0.2) is 114 Å². The molecule has 6 unspecified atom stereocenters. The van der Waals surface area contributed by atoms with Crippen LogP contribution in [0.1, 0.15) is 136 Å². The minimum absolute atomic E-state index is 0.0235. The molecule has 0 aromatic heterocycles. The number of hydrogen-bond acceptors (Lipinski definition) is 14. The van der Waals surface area contributed by atoms with Gasteiger partial charge in [-0.2, -0.15) is 0 Å². The summed E-state index contributed by atoms with van der Waals surface area (Å²) in [5.74, 6) is -1.37. The van der Waals surface area contributed by atoms with E-state index in [4.69, 9.17) is 18.5 Å². The van der Waals surface area contributed by atoms with Gasteiger partial charge in [-0.3, -0.25) is 23.2 Å². The highest BCUT2D eigenvalue weighted by atomic mass is 31.2. The average molecular weight is 1000 g/mol. The van der Waals surface area contributed by atoms with E-state index in [-0.39, 0.29) is 12.8 Å². The molecule has 1 fully saturated rings. The van der Waals surface area contributed by atoms with E-state index in [1.807, 2.05) is 61.6 Å². The third-order valence-electron chi connectivity index (χ3n) is 10.2. The summed E-state index contributed by atoms with van der Waals surface area (Å²) in [4.78, 5) is 54.3. The van der Waals surface area contributed by atoms with Gasteiger partial charge in [0.2, 0.25) is 0 Å². The molecule has 0 heterocycles. The lowest BCUT2D eigenvalue weighted by Crippen LogP contribution is -2.64. The summed E-state index contributed by atoms with van der Waals surface area (Å²) in [5, 5.41) is 51.1. The molecule has 0 aromatic rings. The number of aliphatic hydroxyl groups excluding tert-OH is 5. The first kappa shape index (κ1) is 62.9. The maximum Gasteiger partial charge on any atom is 0.472 e. The Kier molecular flexibility index (Phi) is 35.7. The molecule has 1 rings (SSSR count). The van der Waals surface area contributed by atoms with Crippen LogP contribution in [0.15, 0.2) is 97.2 Å². The van der Waals surface area contributed by atoms with Crippen LogP contribution in [0.5, 0.6) is 0 Å². The summed E-state index contributed by atoms with van der Waals surface area (Å²) < 4.78 is 49.2. The first-order valence-electron chi connectivity index (χ1n) is 23.9. The number of carbonyl (C=O) groups excluding carboxylic acids is 2. The highest BCUT2D eigenvalue weighted by Gasteiger charge is 2.54. The van der Waals surface area contributed by atoms with E-state index in [0.717, 1.165) is 57.8 Å². The van der Waals surface area contributed by atoms with Gasteiger partial charge in [0.05, 0.1) is 12.7 Å². The summed E-state index contributed by atoms with van der Waals surface area (Å²) in [6, 6.07) is 0. The molecule has 19 heteroatoms. The van der Waals surface area contributed by atoms with Crippen molar-refractivity contribution >= 4 is 27.6 Å². The van der Waals surface area contributed by atoms with Crippen LogP contribution in [0.4, 0.5) is 0 Å². The third kappa shape index (κ3) is 32.6. The van der Waals surface area contributed by atoms with E-state index in [1.54, 1.807) is 6.08 Å². The lowest BCUT2D eigenvalue weighted by molar-refractivity contribution is -0.216. The zero-order valence-corrected chi connectivity index (χ0v) is 41.6. The second-order valence-electron chi connectivity index (χ2n) is 16.3. The largest absolute Gasteiger partial charge is 0.472 e. The molecular formula is C49H80O17P2. The SMILES string of the molecule is CC/C=C/CC(O)/C=C/C=C/CCCCCCCC(=O)O[C@H](COC(=O)CC/C=C\C/C=C\C/C=C\C/C=C\C/C=C\CCCCC)COP(=O)(O)O[C@H]1C(O)C(O)C(O)[C@@H](OP(=O)(O)O)C1O. The Morgan fingerprint density at radius 1 is 0.559 bits per heavy atom. The molecule has 0 spiro atoms. The molecule has 388 valence electrons. The van der Waals surface area contributed by atoms with Crippen molar-refractivity contribution in [3.63, 3.8) is 0 Å². The number of aliphatic hydroxyl groups is 5. The number of phosphoric ester groups is 2. The van der Waals surface area contributed by atoms with Gasteiger partial charge in [-0.25, -0.2) is 9.13 Å². The topological polar surface area (TPSA) is 276 Å². The first-order valence-corrected chi connectivity index (χ1v) is 26.9. The van der Waals surface area contributed by atoms with Crippen LogP contribution in [-0.2, 0) is 41.8 Å². The molecule has 0 radical (unpaired) electrons. The number of ether oxygens (including phenoxy) is 2. The van der Waals surface area contributed by atoms with Gasteiger partial charge in [-0.15, -0.1) is 0 Å². The van der Waals surface area contributed by atoms with Gasteiger partial charge >= 0.3 is 27.6 Å². The Bertz CT molecular complexity index is 1700. The molecule has 1 saturated carbocycles. The summed E-state index contributed by atoms with van der Waals surface area (Å²) >= 11 is 0. The molecule has 1 aliphatic rings. The number of unbranched alkanes of at least 4 members (excludes halogenated alkanes) is 8. The van der Waals surface area contributed by atoms with Gasteiger partial charge in [0, 0.05) is 12.8 Å². The standard InChI is InChI=1S/C49H80O17P2/c1-3-5-7-8-9-10-11-12-13-14-15-16-17-18-19-22-25-28-32-36-42(51)62-38-41(64-43(52)37-33-29-26-23-20-21-24-27-31-35-40(50)34-30-6-4-2)39-63-68(60,61)66-49-46(55)44(53)45(54)48(47(49)56)65-67(57,58)59/h6,9-10,12-13,15-16,18-19,24-25,27-28,30-31,35,40-41,44-50,53-56H,3-5,7-8,11,14,17,20-23,26,29,32-34,36-39H2,1-2H3,(H,60,61)(H2,57,58,59)/b10-9-,13-12-,16-15-,19-18-,27-24+,28-25-,30-6+,35-31+/t40?,41-,44?,45?,46?,47?,48-,49+/m1/s1. The Balaban J connectivity index is 2.67. The molecule has 9 atom stereocenters. The first-order chi connectivity index (χ1) is 32.5. The molecule has 0 bridgehead atoms. The van der Waals surface area contributed by atoms with Crippen LogP contribution in [0, 0.1) is 0 Å². The lowest BCUT2D eigenvalue weighted by atomic mass is 9.85. The maximum absolute atomic E-state index is 13.0. The Labute approximate surface area is 403 Å². The Morgan fingerprint density at radius 3 is 1.71 bits per heavy atom. The minimum atomic E-state index is -5.39.